The van der Waals surface area contributed by atoms with Crippen LogP contribution >= 0.6 is 0 Å². The number of nitrogens with one attached hydrogen (secondary N) is 1. The standard InChI is InChI=1S/C15H19F2N5OS/c1-10-5-8-22(21-10)14-19-12(9-13(20-14)24(2)23)18-11-3-6-15(16,17)7-4-11/h5,8-9,11H,3-4,6-7H2,1-2H3,(H,18,19,20). The normalized spacial score (nSPS) is 19.2. The van der Waals surface area contributed by atoms with Gasteiger partial charge in [-0.2, -0.15) is 15.1 Å². The van der Waals surface area contributed by atoms with Crippen molar-refractivity contribution in [1.29, 1.82) is 0 Å². The molecule has 0 aromatic carbocycles. The van der Waals surface area contributed by atoms with Gasteiger partial charge in [-0.25, -0.2) is 13.5 Å². The molecule has 24 heavy (non-hydrogen) atoms. The van der Waals surface area contributed by atoms with E-state index in [1.807, 2.05) is 13.0 Å². The van der Waals surface area contributed by atoms with E-state index in [0.717, 1.165) is 5.69 Å². The van der Waals surface area contributed by atoms with Gasteiger partial charge < -0.3 is 9.87 Å². The minimum absolute atomic E-state index is 0.0788. The molecule has 1 fully saturated rings. The highest BCUT2D eigenvalue weighted by Crippen LogP contribution is 2.34. The molecule has 2 heterocycles. The van der Waals surface area contributed by atoms with Crippen molar-refractivity contribution in [2.75, 3.05) is 11.6 Å². The molecule has 130 valence electrons. The molecular weight excluding hydrogens is 336 g/mol. The van der Waals surface area contributed by atoms with Gasteiger partial charge in [-0.15, -0.1) is 0 Å². The van der Waals surface area contributed by atoms with Crippen molar-refractivity contribution in [3.8, 4) is 5.95 Å². The number of halogens is 2. The first-order valence-corrected chi connectivity index (χ1v) is 9.28. The maximum Gasteiger partial charge on any atom is 0.256 e. The first-order chi connectivity index (χ1) is 11.3. The summed E-state index contributed by atoms with van der Waals surface area (Å²) >= 11 is -1.29. The average molecular weight is 355 g/mol. The van der Waals surface area contributed by atoms with Gasteiger partial charge in [0.15, 0.2) is 0 Å². The Bertz CT molecular complexity index is 712. The van der Waals surface area contributed by atoms with Gasteiger partial charge in [-0.3, -0.25) is 0 Å². The molecule has 0 aliphatic heterocycles. The number of hydrogen-bond acceptors (Lipinski definition) is 5. The van der Waals surface area contributed by atoms with E-state index >= 15 is 0 Å². The Morgan fingerprint density at radius 3 is 2.62 bits per heavy atom. The summed E-state index contributed by atoms with van der Waals surface area (Å²) in [5.41, 5.74) is 0.811. The van der Waals surface area contributed by atoms with Gasteiger partial charge in [0.1, 0.15) is 12.1 Å². The van der Waals surface area contributed by atoms with E-state index in [0.29, 0.717) is 29.6 Å². The quantitative estimate of drug-likeness (QED) is 0.674. The van der Waals surface area contributed by atoms with E-state index < -0.39 is 17.1 Å². The molecule has 2 aromatic heterocycles. The van der Waals surface area contributed by atoms with Crippen LogP contribution in [0.3, 0.4) is 0 Å². The fourth-order valence-corrected chi connectivity index (χ4v) is 3.14. The first-order valence-electron chi connectivity index (χ1n) is 7.72. The third kappa shape index (κ3) is 4.02. The molecular formula is C15H19F2N5OS. The van der Waals surface area contributed by atoms with Gasteiger partial charge in [0.25, 0.3) is 11.0 Å². The van der Waals surface area contributed by atoms with Crippen LogP contribution in [0.15, 0.2) is 23.4 Å². The second kappa shape index (κ2) is 6.64. The molecule has 1 saturated carbocycles. The number of alkyl halides is 2. The minimum atomic E-state index is -2.57. The number of nitrogens with zero attached hydrogens (tertiary/aromatic N) is 4. The van der Waals surface area contributed by atoms with E-state index in [-0.39, 0.29) is 18.9 Å². The lowest BCUT2D eigenvalue weighted by Gasteiger charge is -2.29. The zero-order chi connectivity index (χ0) is 17.3. The van der Waals surface area contributed by atoms with Crippen molar-refractivity contribution in [2.45, 2.75) is 49.6 Å². The molecule has 3 rings (SSSR count). The predicted molar refractivity (Wildman–Crippen MR) is 87.0 cm³/mol. The molecule has 0 bridgehead atoms. The predicted octanol–water partition coefficient (Wildman–Crippen LogP) is 2.70. The van der Waals surface area contributed by atoms with Crippen molar-refractivity contribution in [1.82, 2.24) is 19.7 Å². The molecule has 1 atom stereocenters. The summed E-state index contributed by atoms with van der Waals surface area (Å²) in [4.78, 5) is 8.65. The van der Waals surface area contributed by atoms with Gasteiger partial charge in [0, 0.05) is 36.3 Å². The van der Waals surface area contributed by atoms with Crippen LogP contribution in [-0.2, 0) is 11.2 Å². The fraction of sp³-hybridized carbons (Fsp3) is 0.533. The van der Waals surface area contributed by atoms with Crippen LogP contribution in [0.2, 0.25) is 0 Å². The monoisotopic (exact) mass is 355 g/mol. The molecule has 1 N–H and O–H groups in total. The Morgan fingerprint density at radius 1 is 1.33 bits per heavy atom. The van der Waals surface area contributed by atoms with Crippen molar-refractivity contribution in [3.05, 3.63) is 24.0 Å². The molecule has 6 nitrogen and oxygen atoms in total. The Labute approximate surface area is 141 Å². The van der Waals surface area contributed by atoms with Crippen LogP contribution in [-0.4, -0.2) is 42.5 Å². The molecule has 2 aromatic rings. The molecule has 0 spiro atoms. The van der Waals surface area contributed by atoms with Crippen molar-refractivity contribution in [3.63, 3.8) is 0 Å². The summed E-state index contributed by atoms with van der Waals surface area (Å²) in [5.74, 6) is -1.79. The van der Waals surface area contributed by atoms with E-state index in [1.54, 1.807) is 12.3 Å². The van der Waals surface area contributed by atoms with Crippen molar-refractivity contribution < 1.29 is 13.3 Å². The second-order valence-electron chi connectivity index (χ2n) is 6.02. The van der Waals surface area contributed by atoms with Gasteiger partial charge in [0.05, 0.1) is 11.8 Å². The second-order valence-corrected chi connectivity index (χ2v) is 7.35. The topological polar surface area (TPSA) is 78.7 Å². The number of rotatable bonds is 4. The summed E-state index contributed by atoms with van der Waals surface area (Å²) in [7, 11) is 0. The maximum absolute atomic E-state index is 13.3. The van der Waals surface area contributed by atoms with Gasteiger partial charge in [0.2, 0.25) is 5.92 Å². The summed E-state index contributed by atoms with van der Waals surface area (Å²) in [6, 6.07) is 3.34. The van der Waals surface area contributed by atoms with Crippen molar-refractivity contribution >= 4 is 17.0 Å². The Kier molecular flexibility index (Phi) is 4.73. The number of hydrogen-bond donors (Lipinski definition) is 1. The van der Waals surface area contributed by atoms with E-state index in [2.05, 4.69) is 20.4 Å². The Balaban J connectivity index is 1.83. The van der Waals surface area contributed by atoms with Crippen LogP contribution in [0.1, 0.15) is 31.4 Å². The first kappa shape index (κ1) is 17.1. The molecule has 1 aliphatic carbocycles. The van der Waals surface area contributed by atoms with Crippen molar-refractivity contribution in [2.24, 2.45) is 0 Å². The highest BCUT2D eigenvalue weighted by atomic mass is 32.2. The largest absolute Gasteiger partial charge is 0.610 e. The molecule has 0 radical (unpaired) electrons. The minimum Gasteiger partial charge on any atom is -0.610 e. The lowest BCUT2D eigenvalue weighted by molar-refractivity contribution is -0.0361. The lowest BCUT2D eigenvalue weighted by Crippen LogP contribution is -2.32. The SMILES string of the molecule is Cc1ccn(-c2nc(NC3CCC(F)(F)CC3)cc([S+](C)[O-])n2)n1. The molecule has 0 amide bonds. The van der Waals surface area contributed by atoms with Crippen LogP contribution in [0.4, 0.5) is 14.6 Å². The smallest absolute Gasteiger partial charge is 0.256 e. The zero-order valence-electron chi connectivity index (χ0n) is 13.5. The molecule has 1 aliphatic rings. The van der Waals surface area contributed by atoms with Crippen LogP contribution < -0.4 is 5.32 Å². The fourth-order valence-electron chi connectivity index (χ4n) is 2.66. The average Bonchev–Trinajstić information content (AvgIpc) is 2.96. The highest BCUT2D eigenvalue weighted by Gasteiger charge is 2.35. The molecule has 0 saturated heterocycles. The van der Waals surface area contributed by atoms with Crippen LogP contribution in [0.5, 0.6) is 0 Å². The van der Waals surface area contributed by atoms with Gasteiger partial charge in [-0.05, 0) is 25.8 Å². The van der Waals surface area contributed by atoms with Crippen LogP contribution in [0.25, 0.3) is 5.95 Å². The van der Waals surface area contributed by atoms with E-state index in [9.17, 15) is 13.3 Å². The summed E-state index contributed by atoms with van der Waals surface area (Å²) in [6.07, 6.45) is 3.74. The highest BCUT2D eigenvalue weighted by molar-refractivity contribution is 7.90. The maximum atomic E-state index is 13.3. The number of aryl methyl sites for hydroxylation is 1. The summed E-state index contributed by atoms with van der Waals surface area (Å²) in [6.45, 7) is 1.85. The number of anilines is 1. The molecule has 9 heteroatoms. The van der Waals surface area contributed by atoms with E-state index in [1.165, 1.54) is 10.9 Å². The lowest BCUT2D eigenvalue weighted by atomic mass is 9.92. The third-order valence-corrected chi connectivity index (χ3v) is 4.78. The molecule has 1 unspecified atom stereocenters. The Morgan fingerprint density at radius 2 is 2.04 bits per heavy atom. The number of aromatic nitrogens is 4. The van der Waals surface area contributed by atoms with Crippen LogP contribution in [0, 0.1) is 6.92 Å². The van der Waals surface area contributed by atoms with Gasteiger partial charge >= 0.3 is 0 Å². The summed E-state index contributed by atoms with van der Waals surface area (Å²) in [5, 5.41) is 7.80. The van der Waals surface area contributed by atoms with E-state index in [4.69, 9.17) is 0 Å². The zero-order valence-corrected chi connectivity index (χ0v) is 14.3. The summed E-state index contributed by atoms with van der Waals surface area (Å²) < 4.78 is 39.9. The van der Waals surface area contributed by atoms with Gasteiger partial charge in [-0.1, -0.05) is 0 Å². The Hall–Kier alpha value is -1.74. The third-order valence-electron chi connectivity index (χ3n) is 3.98.